The van der Waals surface area contributed by atoms with Crippen molar-refractivity contribution in [3.05, 3.63) is 12.7 Å². The Morgan fingerprint density at radius 2 is 2.38 bits per heavy atom. The summed E-state index contributed by atoms with van der Waals surface area (Å²) in [5, 5.41) is 3.15. The van der Waals surface area contributed by atoms with E-state index in [9.17, 15) is 8.42 Å². The van der Waals surface area contributed by atoms with E-state index in [2.05, 4.69) is 11.9 Å². The Hall–Kier alpha value is -0.390. The second-order valence-corrected chi connectivity index (χ2v) is 5.20. The highest BCUT2D eigenvalue weighted by Gasteiger charge is 2.27. The lowest BCUT2D eigenvalue weighted by molar-refractivity contribution is 0.285. The third-order valence-corrected chi connectivity index (χ3v) is 4.04. The quantitative estimate of drug-likeness (QED) is 0.647. The second-order valence-electron chi connectivity index (χ2n) is 3.23. The first-order valence-corrected chi connectivity index (χ1v) is 6.00. The molecule has 4 nitrogen and oxygen atoms in total. The number of nitrogens with one attached hydrogen (secondary N) is 1. The molecule has 0 spiro atoms. The van der Waals surface area contributed by atoms with Crippen LogP contribution < -0.4 is 5.32 Å². The van der Waals surface area contributed by atoms with Crippen LogP contribution >= 0.6 is 0 Å². The Labute approximate surface area is 79.7 Å². The van der Waals surface area contributed by atoms with Gasteiger partial charge in [0.15, 0.2) is 0 Å². The maximum atomic E-state index is 11.6. The molecule has 1 saturated heterocycles. The van der Waals surface area contributed by atoms with Crippen LogP contribution in [0.25, 0.3) is 0 Å². The van der Waals surface area contributed by atoms with Gasteiger partial charge in [-0.25, -0.2) is 8.42 Å². The van der Waals surface area contributed by atoms with Crippen LogP contribution in [-0.2, 0) is 10.0 Å². The number of rotatable bonds is 3. The molecule has 0 bridgehead atoms. The van der Waals surface area contributed by atoms with Crippen LogP contribution in [0.1, 0.15) is 6.92 Å². The number of hydrogen-bond acceptors (Lipinski definition) is 3. The molecule has 1 atom stereocenters. The van der Waals surface area contributed by atoms with Crippen molar-refractivity contribution in [1.82, 2.24) is 9.62 Å². The second kappa shape index (κ2) is 4.21. The third-order valence-electron chi connectivity index (χ3n) is 2.13. The van der Waals surface area contributed by atoms with Crippen molar-refractivity contribution in [3.8, 4) is 0 Å². The molecule has 1 heterocycles. The average molecular weight is 204 g/mol. The molecule has 0 aromatic carbocycles. The Bertz CT molecular complexity index is 274. The first-order valence-electron chi connectivity index (χ1n) is 4.39. The fourth-order valence-corrected chi connectivity index (χ4v) is 2.96. The van der Waals surface area contributed by atoms with Crippen molar-refractivity contribution in [2.45, 2.75) is 13.0 Å². The summed E-state index contributed by atoms with van der Waals surface area (Å²) in [4.78, 5) is 0. The highest BCUT2D eigenvalue weighted by molar-refractivity contribution is 7.89. The molecule has 0 amide bonds. The van der Waals surface area contributed by atoms with Gasteiger partial charge >= 0.3 is 0 Å². The molecule has 1 rings (SSSR count). The van der Waals surface area contributed by atoms with Crippen molar-refractivity contribution in [3.63, 3.8) is 0 Å². The predicted molar refractivity (Wildman–Crippen MR) is 53.0 cm³/mol. The van der Waals surface area contributed by atoms with E-state index in [1.807, 2.05) is 6.92 Å². The van der Waals surface area contributed by atoms with Crippen LogP contribution in [0.15, 0.2) is 12.7 Å². The number of sulfonamides is 1. The van der Waals surface area contributed by atoms with E-state index >= 15 is 0 Å². The fourth-order valence-electron chi connectivity index (χ4n) is 1.48. The van der Waals surface area contributed by atoms with Gasteiger partial charge in [-0.3, -0.25) is 0 Å². The Kier molecular flexibility index (Phi) is 3.47. The van der Waals surface area contributed by atoms with Gasteiger partial charge in [-0.1, -0.05) is 6.08 Å². The largest absolute Gasteiger partial charge is 0.314 e. The van der Waals surface area contributed by atoms with Gasteiger partial charge in [0.2, 0.25) is 10.0 Å². The van der Waals surface area contributed by atoms with Crippen LogP contribution in [0.5, 0.6) is 0 Å². The molecule has 0 aliphatic carbocycles. The van der Waals surface area contributed by atoms with E-state index in [-0.39, 0.29) is 11.8 Å². The molecule has 1 aliphatic rings. The zero-order chi connectivity index (χ0) is 9.90. The lowest BCUT2D eigenvalue weighted by Gasteiger charge is -2.32. The van der Waals surface area contributed by atoms with Gasteiger partial charge in [-0.05, 0) is 6.92 Å². The van der Waals surface area contributed by atoms with Gasteiger partial charge in [0.25, 0.3) is 0 Å². The van der Waals surface area contributed by atoms with E-state index in [1.54, 1.807) is 4.31 Å². The summed E-state index contributed by atoms with van der Waals surface area (Å²) in [6.45, 7) is 7.39. The number of nitrogens with zero attached hydrogens (tertiary/aromatic N) is 1. The molecule has 0 radical (unpaired) electrons. The van der Waals surface area contributed by atoms with Crippen LogP contribution in [0.2, 0.25) is 0 Å². The summed E-state index contributed by atoms with van der Waals surface area (Å²) in [5.41, 5.74) is 0. The van der Waals surface area contributed by atoms with Gasteiger partial charge in [0, 0.05) is 25.7 Å². The van der Waals surface area contributed by atoms with Crippen LogP contribution in [0.4, 0.5) is 0 Å². The minimum Gasteiger partial charge on any atom is -0.314 e. The number of hydrogen-bond donors (Lipinski definition) is 1. The first-order chi connectivity index (χ1) is 6.08. The summed E-state index contributed by atoms with van der Waals surface area (Å²) in [6.07, 6.45) is 1.43. The average Bonchev–Trinajstić information content (AvgIpc) is 2.04. The SMILES string of the molecule is C=CCS(=O)(=O)N1CCNCC1C. The van der Waals surface area contributed by atoms with E-state index in [4.69, 9.17) is 0 Å². The van der Waals surface area contributed by atoms with Crippen molar-refractivity contribution in [1.29, 1.82) is 0 Å². The van der Waals surface area contributed by atoms with Crippen LogP contribution in [0, 0.1) is 0 Å². The monoisotopic (exact) mass is 204 g/mol. The first kappa shape index (κ1) is 10.7. The summed E-state index contributed by atoms with van der Waals surface area (Å²) in [6, 6.07) is 0.0544. The Morgan fingerprint density at radius 3 is 2.92 bits per heavy atom. The maximum Gasteiger partial charge on any atom is 0.217 e. The molecule has 1 N–H and O–H groups in total. The van der Waals surface area contributed by atoms with Gasteiger partial charge < -0.3 is 5.32 Å². The molecule has 0 aromatic rings. The van der Waals surface area contributed by atoms with E-state index in [0.717, 1.165) is 13.1 Å². The molecule has 76 valence electrons. The van der Waals surface area contributed by atoms with Gasteiger partial charge in [-0.15, -0.1) is 6.58 Å². The smallest absolute Gasteiger partial charge is 0.217 e. The van der Waals surface area contributed by atoms with E-state index in [0.29, 0.717) is 6.54 Å². The molecular formula is C8H16N2O2S. The zero-order valence-corrected chi connectivity index (χ0v) is 8.68. The van der Waals surface area contributed by atoms with Crippen molar-refractivity contribution in [2.75, 3.05) is 25.4 Å². The lowest BCUT2D eigenvalue weighted by Crippen LogP contribution is -2.52. The molecule has 13 heavy (non-hydrogen) atoms. The van der Waals surface area contributed by atoms with Gasteiger partial charge in [0.05, 0.1) is 5.75 Å². The van der Waals surface area contributed by atoms with E-state index < -0.39 is 10.0 Å². The Morgan fingerprint density at radius 1 is 1.69 bits per heavy atom. The van der Waals surface area contributed by atoms with E-state index in [1.165, 1.54) is 6.08 Å². The van der Waals surface area contributed by atoms with Crippen LogP contribution in [0.3, 0.4) is 0 Å². The van der Waals surface area contributed by atoms with Gasteiger partial charge in [0.1, 0.15) is 0 Å². The highest BCUT2D eigenvalue weighted by Crippen LogP contribution is 2.09. The van der Waals surface area contributed by atoms with Gasteiger partial charge in [-0.2, -0.15) is 4.31 Å². The topological polar surface area (TPSA) is 49.4 Å². The molecule has 1 aliphatic heterocycles. The predicted octanol–water partition coefficient (Wildman–Crippen LogP) is -0.204. The molecule has 1 fully saturated rings. The fraction of sp³-hybridized carbons (Fsp3) is 0.750. The number of piperazine rings is 1. The summed E-state index contributed by atoms with van der Waals surface area (Å²) in [5.74, 6) is 0.0390. The minimum absolute atomic E-state index is 0.0390. The third kappa shape index (κ3) is 2.52. The molecule has 0 aromatic heterocycles. The summed E-state index contributed by atoms with van der Waals surface area (Å²) < 4.78 is 24.8. The molecular weight excluding hydrogens is 188 g/mol. The summed E-state index contributed by atoms with van der Waals surface area (Å²) in [7, 11) is -3.11. The zero-order valence-electron chi connectivity index (χ0n) is 7.86. The lowest BCUT2D eigenvalue weighted by atomic mass is 10.3. The Balaban J connectivity index is 2.73. The molecule has 5 heteroatoms. The summed E-state index contributed by atoms with van der Waals surface area (Å²) >= 11 is 0. The van der Waals surface area contributed by atoms with Crippen molar-refractivity contribution in [2.24, 2.45) is 0 Å². The minimum atomic E-state index is -3.11. The van der Waals surface area contributed by atoms with Crippen molar-refractivity contribution >= 4 is 10.0 Å². The molecule has 0 saturated carbocycles. The van der Waals surface area contributed by atoms with Crippen LogP contribution in [-0.4, -0.2) is 44.2 Å². The molecule has 1 unspecified atom stereocenters. The maximum absolute atomic E-state index is 11.6. The van der Waals surface area contributed by atoms with Crippen molar-refractivity contribution < 1.29 is 8.42 Å². The standard InChI is InChI=1S/C8H16N2O2S/c1-3-6-13(11,12)10-5-4-9-7-8(10)2/h3,8-9H,1,4-7H2,2H3. The normalized spacial score (nSPS) is 25.8. The highest BCUT2D eigenvalue weighted by atomic mass is 32.2.